The molecule has 0 radical (unpaired) electrons. The number of benzene rings is 1. The molecule has 1 atom stereocenters. The lowest BCUT2D eigenvalue weighted by molar-refractivity contribution is -0.145. The van der Waals surface area contributed by atoms with Crippen molar-refractivity contribution in [1.29, 1.82) is 5.26 Å². The van der Waals surface area contributed by atoms with E-state index in [9.17, 15) is 14.9 Å². The van der Waals surface area contributed by atoms with E-state index in [1.165, 1.54) is 6.20 Å². The molecule has 31 heavy (non-hydrogen) atoms. The minimum Gasteiger partial charge on any atom is -0.464 e. The molecule has 0 aliphatic carbocycles. The van der Waals surface area contributed by atoms with Crippen LogP contribution in [0.3, 0.4) is 0 Å². The van der Waals surface area contributed by atoms with Crippen molar-refractivity contribution in [2.24, 2.45) is 0 Å². The van der Waals surface area contributed by atoms with Crippen LogP contribution in [-0.2, 0) is 20.7 Å². The minimum absolute atomic E-state index is 0.178. The zero-order valence-electron chi connectivity index (χ0n) is 17.8. The Kier molecular flexibility index (Phi) is 8.08. The molecule has 3 N–H and O–H groups in total. The highest BCUT2D eigenvalue weighted by atomic mass is 16.6. The van der Waals surface area contributed by atoms with Gasteiger partial charge in [0.15, 0.2) is 0 Å². The molecule has 0 aliphatic rings. The number of H-pyrrole nitrogens is 1. The number of amides is 1. The van der Waals surface area contributed by atoms with Gasteiger partial charge in [0, 0.05) is 18.3 Å². The molecule has 11 nitrogen and oxygen atoms in total. The second kappa shape index (κ2) is 10.7. The number of rotatable bonds is 8. The van der Waals surface area contributed by atoms with Gasteiger partial charge in [0.1, 0.15) is 23.3 Å². The molecule has 0 aliphatic heterocycles. The summed E-state index contributed by atoms with van der Waals surface area (Å²) >= 11 is 0. The smallest absolute Gasteiger partial charge is 0.408 e. The highest BCUT2D eigenvalue weighted by molar-refractivity contribution is 5.81. The van der Waals surface area contributed by atoms with Crippen molar-refractivity contribution < 1.29 is 19.1 Å². The lowest BCUT2D eigenvalue weighted by Crippen LogP contribution is -2.45. The Hall–Kier alpha value is -3.94. The van der Waals surface area contributed by atoms with Gasteiger partial charge < -0.3 is 20.1 Å². The van der Waals surface area contributed by atoms with Crippen LogP contribution in [0.5, 0.6) is 0 Å². The molecule has 164 valence electrons. The molecule has 1 heterocycles. The number of tetrazole rings is 1. The van der Waals surface area contributed by atoms with Crippen molar-refractivity contribution in [2.75, 3.05) is 11.9 Å². The first kappa shape index (κ1) is 23.3. The van der Waals surface area contributed by atoms with E-state index in [1.807, 2.05) is 6.07 Å². The van der Waals surface area contributed by atoms with Crippen LogP contribution < -0.4 is 10.6 Å². The SMILES string of the molecule is CCOC(=O)C(Cc1ccc(NC=C(C#N)c2nn[nH]n2)cc1)NC(=O)OC(C)(C)C. The van der Waals surface area contributed by atoms with Gasteiger partial charge in [-0.05, 0) is 50.6 Å². The van der Waals surface area contributed by atoms with Gasteiger partial charge in [-0.3, -0.25) is 0 Å². The second-order valence-corrected chi connectivity index (χ2v) is 7.40. The van der Waals surface area contributed by atoms with Crippen molar-refractivity contribution in [3.63, 3.8) is 0 Å². The number of allylic oxidation sites excluding steroid dienone is 1. The molecule has 2 rings (SSSR count). The maximum atomic E-state index is 12.3. The summed E-state index contributed by atoms with van der Waals surface area (Å²) in [7, 11) is 0. The summed E-state index contributed by atoms with van der Waals surface area (Å²) in [5.41, 5.74) is 1.02. The van der Waals surface area contributed by atoms with Crippen LogP contribution in [-0.4, -0.2) is 50.9 Å². The normalized spacial score (nSPS) is 12.4. The zero-order valence-corrected chi connectivity index (χ0v) is 17.8. The van der Waals surface area contributed by atoms with Gasteiger partial charge in [0.25, 0.3) is 0 Å². The summed E-state index contributed by atoms with van der Waals surface area (Å²) in [5, 5.41) is 28.0. The number of nitrogens with one attached hydrogen (secondary N) is 3. The lowest BCUT2D eigenvalue weighted by atomic mass is 10.1. The molecule has 0 spiro atoms. The molecule has 0 bridgehead atoms. The quantitative estimate of drug-likeness (QED) is 0.424. The number of aromatic amines is 1. The molecule has 0 saturated heterocycles. The molecule has 0 fully saturated rings. The number of carbonyl (C=O) groups is 2. The van der Waals surface area contributed by atoms with E-state index in [4.69, 9.17) is 9.47 Å². The monoisotopic (exact) mass is 427 g/mol. The first-order valence-corrected chi connectivity index (χ1v) is 9.57. The van der Waals surface area contributed by atoms with Crippen LogP contribution >= 0.6 is 0 Å². The van der Waals surface area contributed by atoms with Crippen molar-refractivity contribution >= 4 is 23.3 Å². The minimum atomic E-state index is -0.892. The molecule has 0 saturated carbocycles. The molecule has 1 amide bonds. The number of hydrogen-bond acceptors (Lipinski definition) is 9. The molecular formula is C20H25N7O4. The third-order valence-electron chi connectivity index (χ3n) is 3.75. The Labute approximate surface area is 179 Å². The predicted octanol–water partition coefficient (Wildman–Crippen LogP) is 2.18. The summed E-state index contributed by atoms with van der Waals surface area (Å²) in [6, 6.07) is 8.21. The van der Waals surface area contributed by atoms with Crippen molar-refractivity contribution in [2.45, 2.75) is 45.8 Å². The van der Waals surface area contributed by atoms with Crippen molar-refractivity contribution in [1.82, 2.24) is 25.9 Å². The number of aromatic nitrogens is 4. The fourth-order valence-corrected chi connectivity index (χ4v) is 2.44. The Morgan fingerprint density at radius 3 is 2.55 bits per heavy atom. The topological polar surface area (TPSA) is 155 Å². The lowest BCUT2D eigenvalue weighted by Gasteiger charge is -2.23. The average Bonchev–Trinajstić information content (AvgIpc) is 3.22. The summed E-state index contributed by atoms with van der Waals surface area (Å²) in [4.78, 5) is 24.4. The van der Waals surface area contributed by atoms with Crippen LogP contribution in [0.25, 0.3) is 5.57 Å². The van der Waals surface area contributed by atoms with Crippen molar-refractivity contribution in [3.05, 3.63) is 41.9 Å². The van der Waals surface area contributed by atoms with E-state index in [-0.39, 0.29) is 24.4 Å². The van der Waals surface area contributed by atoms with E-state index in [2.05, 4.69) is 31.3 Å². The number of hydrogen-bond donors (Lipinski definition) is 3. The maximum Gasteiger partial charge on any atom is 0.408 e. The van der Waals surface area contributed by atoms with E-state index in [0.29, 0.717) is 5.69 Å². The van der Waals surface area contributed by atoms with Gasteiger partial charge >= 0.3 is 12.1 Å². The van der Waals surface area contributed by atoms with Gasteiger partial charge in [0.05, 0.1) is 6.61 Å². The molecule has 1 unspecified atom stereocenters. The van der Waals surface area contributed by atoms with Gasteiger partial charge in [-0.2, -0.15) is 10.5 Å². The Morgan fingerprint density at radius 2 is 2.00 bits per heavy atom. The van der Waals surface area contributed by atoms with Crippen molar-refractivity contribution in [3.8, 4) is 6.07 Å². The standard InChI is InChI=1S/C20H25N7O4/c1-5-30-18(28)16(23-19(29)31-20(2,3)4)10-13-6-8-15(9-7-13)22-12-14(11-21)17-24-26-27-25-17/h6-9,12,16,22H,5,10H2,1-4H3,(H,23,29)(H,24,25,26,27). The Bertz CT molecular complexity index is 941. The van der Waals surface area contributed by atoms with Gasteiger partial charge in [-0.1, -0.05) is 12.1 Å². The summed E-state index contributed by atoms with van der Waals surface area (Å²) < 4.78 is 10.3. The largest absolute Gasteiger partial charge is 0.464 e. The number of carbonyl (C=O) groups excluding carboxylic acids is 2. The van der Waals surface area contributed by atoms with Crippen LogP contribution in [0.15, 0.2) is 30.5 Å². The number of ether oxygens (including phenoxy) is 2. The summed E-state index contributed by atoms with van der Waals surface area (Å²) in [6.07, 6.45) is 0.991. The first-order valence-electron chi connectivity index (χ1n) is 9.57. The Balaban J connectivity index is 2.05. The number of nitrogens with zero attached hydrogens (tertiary/aromatic N) is 4. The van der Waals surface area contributed by atoms with Gasteiger partial charge in [0.2, 0.25) is 5.82 Å². The van der Waals surface area contributed by atoms with Crippen LogP contribution in [0.4, 0.5) is 10.5 Å². The predicted molar refractivity (Wildman–Crippen MR) is 111 cm³/mol. The molecule has 1 aromatic carbocycles. The third kappa shape index (κ3) is 7.77. The maximum absolute atomic E-state index is 12.3. The number of anilines is 1. The van der Waals surface area contributed by atoms with Crippen LogP contribution in [0.1, 0.15) is 39.1 Å². The number of esters is 1. The number of alkyl carbamates (subject to hydrolysis) is 1. The zero-order chi connectivity index (χ0) is 22.9. The van der Waals surface area contributed by atoms with E-state index in [1.54, 1.807) is 52.0 Å². The third-order valence-corrected chi connectivity index (χ3v) is 3.75. The van der Waals surface area contributed by atoms with Gasteiger partial charge in [-0.25, -0.2) is 9.59 Å². The molecule has 11 heteroatoms. The second-order valence-electron chi connectivity index (χ2n) is 7.40. The van der Waals surface area contributed by atoms with Gasteiger partial charge in [-0.15, -0.1) is 10.2 Å². The summed E-state index contributed by atoms with van der Waals surface area (Å²) in [5.74, 6) is -0.366. The highest BCUT2D eigenvalue weighted by Gasteiger charge is 2.25. The Morgan fingerprint density at radius 1 is 1.29 bits per heavy atom. The van der Waals surface area contributed by atoms with E-state index < -0.39 is 23.7 Å². The van der Waals surface area contributed by atoms with E-state index in [0.717, 1.165) is 5.56 Å². The van der Waals surface area contributed by atoms with Crippen LogP contribution in [0, 0.1) is 11.3 Å². The van der Waals surface area contributed by atoms with Crippen LogP contribution in [0.2, 0.25) is 0 Å². The summed E-state index contributed by atoms with van der Waals surface area (Å²) in [6.45, 7) is 7.11. The molecular weight excluding hydrogens is 402 g/mol. The molecule has 1 aromatic heterocycles. The molecule has 2 aromatic rings. The highest BCUT2D eigenvalue weighted by Crippen LogP contribution is 2.14. The fourth-order valence-electron chi connectivity index (χ4n) is 2.44. The van der Waals surface area contributed by atoms with E-state index >= 15 is 0 Å². The fraction of sp³-hybridized carbons (Fsp3) is 0.400. The number of nitriles is 1. The average molecular weight is 427 g/mol. The first-order chi connectivity index (χ1) is 14.7.